The van der Waals surface area contributed by atoms with Crippen LogP contribution in [0.3, 0.4) is 0 Å². The maximum absolute atomic E-state index is 12.4. The molecule has 0 radical (unpaired) electrons. The summed E-state index contributed by atoms with van der Waals surface area (Å²) in [5, 5.41) is 6.82. The zero-order chi connectivity index (χ0) is 26.7. The molecule has 1 aromatic carbocycles. The highest BCUT2D eigenvalue weighted by atomic mass is 32.1. The molecular weight excluding hydrogens is 522 g/mol. The molecule has 38 heavy (non-hydrogen) atoms. The molecule has 0 saturated carbocycles. The summed E-state index contributed by atoms with van der Waals surface area (Å²) in [6.07, 6.45) is 3.14. The number of nitrogens with one attached hydrogen (secondary N) is 2. The van der Waals surface area contributed by atoms with Crippen LogP contribution in [-0.2, 0) is 9.53 Å². The Labute approximate surface area is 228 Å². The van der Waals surface area contributed by atoms with Crippen molar-refractivity contribution in [3.63, 3.8) is 0 Å². The SMILES string of the molecule is CCNC(=O)Nc1nc2cc(-c3nc(N4CCC(C)(C(=O)OCC)CC4)ns3)cc(-c3ccccn3)c2s1. The lowest BCUT2D eigenvalue weighted by molar-refractivity contribution is -0.155. The maximum atomic E-state index is 12.4. The molecule has 2 N–H and O–H groups in total. The van der Waals surface area contributed by atoms with Gasteiger partial charge in [0.2, 0.25) is 5.95 Å². The summed E-state index contributed by atoms with van der Waals surface area (Å²) in [5.74, 6) is 0.526. The van der Waals surface area contributed by atoms with Crippen LogP contribution >= 0.6 is 22.9 Å². The van der Waals surface area contributed by atoms with Crippen LogP contribution in [0.5, 0.6) is 0 Å². The third kappa shape index (κ3) is 5.32. The van der Waals surface area contributed by atoms with Crippen LogP contribution in [0.2, 0.25) is 0 Å². The van der Waals surface area contributed by atoms with Crippen LogP contribution in [0.15, 0.2) is 36.5 Å². The van der Waals surface area contributed by atoms with Gasteiger partial charge in [0.1, 0.15) is 5.01 Å². The number of piperidine rings is 1. The van der Waals surface area contributed by atoms with Crippen molar-refractivity contribution in [2.75, 3.05) is 36.5 Å². The van der Waals surface area contributed by atoms with E-state index in [1.54, 1.807) is 6.20 Å². The van der Waals surface area contributed by atoms with Gasteiger partial charge in [-0.1, -0.05) is 17.4 Å². The maximum Gasteiger partial charge on any atom is 0.321 e. The Balaban J connectivity index is 1.44. The van der Waals surface area contributed by atoms with Crippen molar-refractivity contribution in [3.05, 3.63) is 36.5 Å². The molecule has 198 valence electrons. The smallest absolute Gasteiger partial charge is 0.321 e. The van der Waals surface area contributed by atoms with Gasteiger partial charge in [-0.2, -0.15) is 9.36 Å². The number of amides is 2. The highest BCUT2D eigenvalue weighted by molar-refractivity contribution is 7.23. The molecule has 1 aliphatic heterocycles. The number of benzene rings is 1. The van der Waals surface area contributed by atoms with E-state index in [0.717, 1.165) is 32.0 Å². The van der Waals surface area contributed by atoms with Gasteiger partial charge in [0.05, 0.1) is 27.9 Å². The highest BCUT2D eigenvalue weighted by Crippen LogP contribution is 2.39. The Morgan fingerprint density at radius 3 is 2.68 bits per heavy atom. The Morgan fingerprint density at radius 2 is 1.97 bits per heavy atom. The van der Waals surface area contributed by atoms with Gasteiger partial charge in [-0.25, -0.2) is 9.78 Å². The van der Waals surface area contributed by atoms with Gasteiger partial charge in [0.25, 0.3) is 0 Å². The average Bonchev–Trinajstić information content (AvgIpc) is 3.56. The van der Waals surface area contributed by atoms with Crippen molar-refractivity contribution < 1.29 is 14.3 Å². The first kappa shape index (κ1) is 26.0. The van der Waals surface area contributed by atoms with Crippen molar-refractivity contribution in [2.45, 2.75) is 33.6 Å². The van der Waals surface area contributed by atoms with E-state index in [0.29, 0.717) is 50.2 Å². The molecular formula is C26H29N7O3S2. The van der Waals surface area contributed by atoms with E-state index >= 15 is 0 Å². The number of aromatic nitrogens is 4. The number of hydrogen-bond donors (Lipinski definition) is 2. The Bertz CT molecular complexity index is 1450. The van der Waals surface area contributed by atoms with Crippen LogP contribution in [0, 0.1) is 5.41 Å². The number of thiazole rings is 1. The second-order valence-corrected chi connectivity index (χ2v) is 11.0. The molecule has 3 aromatic heterocycles. The molecule has 1 saturated heterocycles. The van der Waals surface area contributed by atoms with Crippen LogP contribution < -0.4 is 15.5 Å². The van der Waals surface area contributed by atoms with E-state index in [1.165, 1.54) is 22.9 Å². The lowest BCUT2D eigenvalue weighted by atomic mass is 9.80. The molecule has 4 heterocycles. The van der Waals surface area contributed by atoms with Gasteiger partial charge < -0.3 is 15.0 Å². The normalized spacial score (nSPS) is 14.9. The lowest BCUT2D eigenvalue weighted by Gasteiger charge is -2.36. The van der Waals surface area contributed by atoms with Gasteiger partial charge in [0.15, 0.2) is 5.13 Å². The number of pyridine rings is 1. The first-order valence-electron chi connectivity index (χ1n) is 12.6. The zero-order valence-electron chi connectivity index (χ0n) is 21.5. The summed E-state index contributed by atoms with van der Waals surface area (Å²) in [7, 11) is 0. The van der Waals surface area contributed by atoms with Crippen molar-refractivity contribution in [1.82, 2.24) is 24.6 Å². The molecule has 0 bridgehead atoms. The van der Waals surface area contributed by atoms with Crippen LogP contribution in [0.25, 0.3) is 32.0 Å². The van der Waals surface area contributed by atoms with Gasteiger partial charge in [-0.3, -0.25) is 15.1 Å². The van der Waals surface area contributed by atoms with Crippen LogP contribution in [-0.4, -0.2) is 57.6 Å². The highest BCUT2D eigenvalue weighted by Gasteiger charge is 2.39. The molecule has 5 rings (SSSR count). The van der Waals surface area contributed by atoms with Crippen molar-refractivity contribution in [3.8, 4) is 21.8 Å². The van der Waals surface area contributed by atoms with E-state index in [-0.39, 0.29) is 12.0 Å². The van der Waals surface area contributed by atoms with Crippen LogP contribution in [0.1, 0.15) is 33.6 Å². The van der Waals surface area contributed by atoms with E-state index < -0.39 is 5.41 Å². The third-order valence-electron chi connectivity index (χ3n) is 6.57. The topological polar surface area (TPSA) is 122 Å². The predicted molar refractivity (Wildman–Crippen MR) is 151 cm³/mol. The second kappa shape index (κ2) is 11.0. The fraction of sp³-hybridized carbons (Fsp3) is 0.385. The molecule has 2 amide bonds. The Morgan fingerprint density at radius 1 is 1.16 bits per heavy atom. The standard InChI is InChI=1S/C26H29N7O3S2/c1-4-27-24(35)31-25-29-19-15-16(14-17(20(19)37-25)18-8-6-7-11-28-18)21-30-23(32-38-21)33-12-9-26(3,10-13-33)22(34)36-5-2/h6-8,11,14-15H,4-5,9-10,12-13H2,1-3H3,(H2,27,29,31,35). The molecule has 1 aliphatic rings. The Kier molecular flexibility index (Phi) is 7.52. The molecule has 0 aliphatic carbocycles. The van der Waals surface area contributed by atoms with Crippen molar-refractivity contribution >= 4 is 56.2 Å². The van der Waals surface area contributed by atoms with Gasteiger partial charge in [0, 0.05) is 37.0 Å². The minimum Gasteiger partial charge on any atom is -0.466 e. The number of fused-ring (bicyclic) bond motifs is 1. The monoisotopic (exact) mass is 551 g/mol. The molecule has 1 fully saturated rings. The molecule has 0 unspecified atom stereocenters. The lowest BCUT2D eigenvalue weighted by Crippen LogP contribution is -2.43. The van der Waals surface area contributed by atoms with Gasteiger partial charge >= 0.3 is 12.0 Å². The zero-order valence-corrected chi connectivity index (χ0v) is 23.1. The number of carbonyl (C=O) groups excluding carboxylic acids is 2. The fourth-order valence-corrected chi connectivity index (χ4v) is 6.03. The van der Waals surface area contributed by atoms with E-state index in [4.69, 9.17) is 9.72 Å². The average molecular weight is 552 g/mol. The number of urea groups is 1. The second-order valence-electron chi connectivity index (χ2n) is 9.26. The molecule has 10 nitrogen and oxygen atoms in total. The molecule has 12 heteroatoms. The van der Waals surface area contributed by atoms with Crippen molar-refractivity contribution in [2.24, 2.45) is 5.41 Å². The van der Waals surface area contributed by atoms with Gasteiger partial charge in [-0.15, -0.1) is 0 Å². The first-order valence-corrected chi connectivity index (χ1v) is 14.2. The number of esters is 1. The predicted octanol–water partition coefficient (Wildman–Crippen LogP) is 5.19. The van der Waals surface area contributed by atoms with E-state index in [9.17, 15) is 9.59 Å². The summed E-state index contributed by atoms with van der Waals surface area (Å²) in [4.78, 5) is 40.7. The largest absolute Gasteiger partial charge is 0.466 e. The molecule has 0 spiro atoms. The van der Waals surface area contributed by atoms with Crippen molar-refractivity contribution in [1.29, 1.82) is 0 Å². The minimum atomic E-state index is -0.474. The summed E-state index contributed by atoms with van der Waals surface area (Å²) in [5.41, 5.74) is 2.88. The molecule has 4 aromatic rings. The quantitative estimate of drug-likeness (QED) is 0.301. The summed E-state index contributed by atoms with van der Waals surface area (Å²) in [6.45, 7) is 7.96. The summed E-state index contributed by atoms with van der Waals surface area (Å²) < 4.78 is 10.8. The minimum absolute atomic E-state index is 0.133. The number of rotatable bonds is 7. The Hall–Kier alpha value is -3.64. The first-order chi connectivity index (χ1) is 18.4. The summed E-state index contributed by atoms with van der Waals surface area (Å²) in [6, 6.07) is 9.51. The number of hydrogen-bond acceptors (Lipinski definition) is 10. The van der Waals surface area contributed by atoms with Crippen LogP contribution in [0.4, 0.5) is 15.9 Å². The van der Waals surface area contributed by atoms with Gasteiger partial charge in [-0.05, 0) is 69.4 Å². The number of ether oxygens (including phenoxy) is 1. The summed E-state index contributed by atoms with van der Waals surface area (Å²) >= 11 is 2.74. The number of carbonyl (C=O) groups is 2. The fourth-order valence-electron chi connectivity index (χ4n) is 4.39. The number of nitrogens with zero attached hydrogens (tertiary/aromatic N) is 5. The number of anilines is 2. The van der Waals surface area contributed by atoms with E-state index in [1.807, 2.05) is 45.0 Å². The van der Waals surface area contributed by atoms with E-state index in [2.05, 4.69) is 35.9 Å². The molecule has 0 atom stereocenters. The third-order valence-corrected chi connectivity index (χ3v) is 8.34.